The molecule has 7 heteroatoms. The van der Waals surface area contributed by atoms with Crippen LogP contribution < -0.4 is 5.56 Å². The summed E-state index contributed by atoms with van der Waals surface area (Å²) in [4.78, 5) is 31.2. The van der Waals surface area contributed by atoms with Gasteiger partial charge in [0.05, 0.1) is 24.8 Å². The Bertz CT molecular complexity index is 818. The highest BCUT2D eigenvalue weighted by molar-refractivity contribution is 5.97. The first kappa shape index (κ1) is 13.5. The lowest BCUT2D eigenvalue weighted by Crippen LogP contribution is -2.36. The third-order valence-corrected chi connectivity index (χ3v) is 4.48. The molecular formula is C15H18N4O3. The van der Waals surface area contributed by atoms with Crippen LogP contribution in [0.4, 0.5) is 0 Å². The van der Waals surface area contributed by atoms with Crippen molar-refractivity contribution < 1.29 is 9.53 Å². The first-order chi connectivity index (χ1) is 10.6. The van der Waals surface area contributed by atoms with Crippen LogP contribution >= 0.6 is 0 Å². The molecule has 0 spiro atoms. The Labute approximate surface area is 126 Å². The number of aromatic nitrogens is 3. The maximum absolute atomic E-state index is 12.6. The van der Waals surface area contributed by atoms with Crippen LogP contribution in [0.15, 0.2) is 10.9 Å². The van der Waals surface area contributed by atoms with E-state index in [1.54, 1.807) is 12.0 Å². The average Bonchev–Trinajstić information content (AvgIpc) is 3.17. The predicted octanol–water partition coefficient (Wildman–Crippen LogP) is 0.891. The highest BCUT2D eigenvalue weighted by Gasteiger charge is 2.35. The summed E-state index contributed by atoms with van der Waals surface area (Å²) in [6.07, 6.45) is 2.28. The summed E-state index contributed by atoms with van der Waals surface area (Å²) >= 11 is 0. The molecule has 2 aromatic heterocycles. The number of nitrogens with zero attached hydrogens (tertiary/aromatic N) is 3. The molecule has 1 atom stereocenters. The van der Waals surface area contributed by atoms with Crippen molar-refractivity contribution in [3.63, 3.8) is 0 Å². The van der Waals surface area contributed by atoms with E-state index in [0.29, 0.717) is 30.3 Å². The molecule has 0 aromatic carbocycles. The Hall–Kier alpha value is -2.15. The van der Waals surface area contributed by atoms with Crippen LogP contribution in [0.3, 0.4) is 0 Å². The third-order valence-electron chi connectivity index (χ3n) is 4.48. The number of carbonyl (C=O) groups is 1. The zero-order valence-electron chi connectivity index (χ0n) is 12.6. The molecule has 22 heavy (non-hydrogen) atoms. The van der Waals surface area contributed by atoms with Crippen molar-refractivity contribution in [2.45, 2.75) is 38.3 Å². The van der Waals surface area contributed by atoms with Crippen LogP contribution in [0.5, 0.6) is 0 Å². The van der Waals surface area contributed by atoms with E-state index in [1.165, 1.54) is 4.52 Å². The second-order valence-corrected chi connectivity index (χ2v) is 6.16. The maximum Gasteiger partial charge on any atom is 0.278 e. The quantitative estimate of drug-likeness (QED) is 0.909. The number of aromatic amines is 1. The number of nitrogens with one attached hydrogen (secondary N) is 1. The molecule has 0 radical (unpaired) electrons. The molecule has 1 aliphatic heterocycles. The molecule has 1 N–H and O–H groups in total. The fraction of sp³-hybridized carbons (Fsp3) is 0.533. The highest BCUT2D eigenvalue weighted by atomic mass is 16.5. The summed E-state index contributed by atoms with van der Waals surface area (Å²) in [7, 11) is 1.60. The Morgan fingerprint density at radius 2 is 2.23 bits per heavy atom. The summed E-state index contributed by atoms with van der Waals surface area (Å²) < 4.78 is 6.56. The molecule has 4 rings (SSSR count). The van der Waals surface area contributed by atoms with Gasteiger partial charge in [-0.15, -0.1) is 0 Å². The Kier molecular flexibility index (Phi) is 2.87. The molecule has 1 amide bonds. The number of ether oxygens (including phenoxy) is 1. The smallest absolute Gasteiger partial charge is 0.278 e. The number of carbonyl (C=O) groups excluding carboxylic acids is 1. The maximum atomic E-state index is 12.6. The second kappa shape index (κ2) is 4.67. The molecule has 0 unspecified atom stereocenters. The van der Waals surface area contributed by atoms with Gasteiger partial charge in [0.25, 0.3) is 11.5 Å². The van der Waals surface area contributed by atoms with Gasteiger partial charge in [-0.3, -0.25) is 14.7 Å². The van der Waals surface area contributed by atoms with Crippen molar-refractivity contribution in [3.8, 4) is 0 Å². The topological polar surface area (TPSA) is 79.7 Å². The monoisotopic (exact) mass is 302 g/mol. The van der Waals surface area contributed by atoms with E-state index in [2.05, 4.69) is 10.1 Å². The number of fused-ring (bicyclic) bond motifs is 2. The number of hydrogen-bond donors (Lipinski definition) is 1. The predicted molar refractivity (Wildman–Crippen MR) is 79.0 cm³/mol. The molecule has 1 fully saturated rings. The molecule has 1 aliphatic carbocycles. The zero-order chi connectivity index (χ0) is 15.4. The van der Waals surface area contributed by atoms with Gasteiger partial charge in [-0.2, -0.15) is 0 Å². The normalized spacial score (nSPS) is 19.0. The van der Waals surface area contributed by atoms with Crippen molar-refractivity contribution in [1.82, 2.24) is 19.5 Å². The van der Waals surface area contributed by atoms with Gasteiger partial charge in [-0.1, -0.05) is 0 Å². The molecule has 0 bridgehead atoms. The number of H-pyrrole nitrogens is 1. The van der Waals surface area contributed by atoms with E-state index in [1.807, 2.05) is 13.0 Å². The summed E-state index contributed by atoms with van der Waals surface area (Å²) in [5, 5.41) is 3.13. The van der Waals surface area contributed by atoms with Gasteiger partial charge in [-0.05, 0) is 19.8 Å². The van der Waals surface area contributed by atoms with Gasteiger partial charge in [0, 0.05) is 24.8 Å². The zero-order valence-corrected chi connectivity index (χ0v) is 12.6. The van der Waals surface area contributed by atoms with Crippen LogP contribution in [0, 0.1) is 0 Å². The van der Waals surface area contributed by atoms with E-state index >= 15 is 0 Å². The molecule has 1 saturated carbocycles. The second-order valence-electron chi connectivity index (χ2n) is 6.16. The van der Waals surface area contributed by atoms with E-state index in [9.17, 15) is 9.59 Å². The number of hydrogen-bond acceptors (Lipinski definition) is 4. The van der Waals surface area contributed by atoms with Gasteiger partial charge in [0.2, 0.25) is 0 Å². The molecule has 7 nitrogen and oxygen atoms in total. The molecule has 116 valence electrons. The minimum Gasteiger partial charge on any atom is -0.383 e. The van der Waals surface area contributed by atoms with Crippen LogP contribution in [0.25, 0.3) is 5.65 Å². The summed E-state index contributed by atoms with van der Waals surface area (Å²) in [5.74, 6) is 0.318. The number of amides is 1. The molecule has 0 saturated heterocycles. The van der Waals surface area contributed by atoms with Gasteiger partial charge in [0.1, 0.15) is 5.69 Å². The SMILES string of the molecule is COC[C@H](C)N1Cc2c(nc3cc(C4CC4)[nH]n3c2=O)C1=O. The summed E-state index contributed by atoms with van der Waals surface area (Å²) in [5.41, 5.74) is 2.14. The number of methoxy groups -OCH3 is 1. The molecular weight excluding hydrogens is 284 g/mol. The minimum atomic E-state index is -0.187. The van der Waals surface area contributed by atoms with Crippen LogP contribution in [0.2, 0.25) is 0 Å². The van der Waals surface area contributed by atoms with Crippen LogP contribution in [0.1, 0.15) is 47.4 Å². The lowest BCUT2D eigenvalue weighted by Gasteiger charge is -2.22. The first-order valence-electron chi connectivity index (χ1n) is 7.54. The fourth-order valence-corrected chi connectivity index (χ4v) is 3.07. The first-order valence-corrected chi connectivity index (χ1v) is 7.54. The Morgan fingerprint density at radius 3 is 2.91 bits per heavy atom. The fourth-order valence-electron chi connectivity index (χ4n) is 3.07. The Morgan fingerprint density at radius 1 is 1.45 bits per heavy atom. The highest BCUT2D eigenvalue weighted by Crippen LogP contribution is 2.39. The van der Waals surface area contributed by atoms with Crippen molar-refractivity contribution >= 4 is 11.6 Å². The lowest BCUT2D eigenvalue weighted by atomic mass is 10.2. The summed E-state index contributed by atoms with van der Waals surface area (Å²) in [6, 6.07) is 1.80. The summed E-state index contributed by atoms with van der Waals surface area (Å²) in [6.45, 7) is 2.64. The van der Waals surface area contributed by atoms with Crippen molar-refractivity contribution in [1.29, 1.82) is 0 Å². The Balaban J connectivity index is 1.78. The van der Waals surface area contributed by atoms with Crippen molar-refractivity contribution in [3.05, 3.63) is 33.4 Å². The van der Waals surface area contributed by atoms with Crippen LogP contribution in [-0.2, 0) is 11.3 Å². The average molecular weight is 302 g/mol. The van der Waals surface area contributed by atoms with Crippen molar-refractivity contribution in [2.24, 2.45) is 0 Å². The van der Waals surface area contributed by atoms with Gasteiger partial charge < -0.3 is 9.64 Å². The van der Waals surface area contributed by atoms with Gasteiger partial charge >= 0.3 is 0 Å². The van der Waals surface area contributed by atoms with Crippen molar-refractivity contribution in [2.75, 3.05) is 13.7 Å². The minimum absolute atomic E-state index is 0.0866. The van der Waals surface area contributed by atoms with E-state index in [0.717, 1.165) is 18.5 Å². The van der Waals surface area contributed by atoms with Gasteiger partial charge in [0.15, 0.2) is 5.65 Å². The van der Waals surface area contributed by atoms with Crippen LogP contribution in [-0.4, -0.2) is 45.2 Å². The molecule has 3 heterocycles. The van der Waals surface area contributed by atoms with E-state index in [4.69, 9.17) is 4.74 Å². The van der Waals surface area contributed by atoms with E-state index < -0.39 is 0 Å². The standard InChI is InChI=1S/C15H18N4O3/c1-8(7-22-2)18-6-10-13(15(18)21)16-12-5-11(9-3-4-9)17-19(12)14(10)20/h5,8-9,17H,3-4,6-7H2,1-2H3/t8-/m0/s1. The van der Waals surface area contributed by atoms with Gasteiger partial charge in [-0.25, -0.2) is 9.50 Å². The molecule has 2 aromatic rings. The molecule has 2 aliphatic rings. The lowest BCUT2D eigenvalue weighted by molar-refractivity contribution is 0.0584. The third kappa shape index (κ3) is 1.89. The largest absolute Gasteiger partial charge is 0.383 e. The van der Waals surface area contributed by atoms with E-state index in [-0.39, 0.29) is 23.2 Å². The number of rotatable bonds is 4.